The number of amides is 1. The van der Waals surface area contributed by atoms with Crippen LogP contribution in [0, 0.1) is 0 Å². The molecule has 1 aliphatic rings. The molecule has 0 bridgehead atoms. The van der Waals surface area contributed by atoms with Crippen LogP contribution in [-0.2, 0) is 15.0 Å². The van der Waals surface area contributed by atoms with Crippen molar-refractivity contribution in [2.24, 2.45) is 0 Å². The molecule has 1 aromatic carbocycles. The SMILES string of the molecule is CCN(CC(=O)O)C1CCN(C(=O)C(C)(C)c2ccccc2)CC1. The first-order chi connectivity index (χ1) is 11.4. The van der Waals surface area contributed by atoms with Crippen LogP contribution in [0.3, 0.4) is 0 Å². The number of benzene rings is 1. The van der Waals surface area contributed by atoms with Gasteiger partial charge < -0.3 is 10.0 Å². The lowest BCUT2D eigenvalue weighted by Crippen LogP contribution is -2.51. The van der Waals surface area contributed by atoms with Gasteiger partial charge in [-0.1, -0.05) is 37.3 Å². The summed E-state index contributed by atoms with van der Waals surface area (Å²) in [5.74, 6) is -0.644. The number of carboxylic acids is 1. The lowest BCUT2D eigenvalue weighted by atomic mass is 9.82. The van der Waals surface area contributed by atoms with E-state index < -0.39 is 11.4 Å². The Labute approximate surface area is 144 Å². The Kier molecular flexibility index (Phi) is 5.99. The Hall–Kier alpha value is -1.88. The molecule has 0 radical (unpaired) electrons. The Morgan fingerprint density at radius 2 is 1.79 bits per heavy atom. The first-order valence-corrected chi connectivity index (χ1v) is 8.67. The lowest BCUT2D eigenvalue weighted by molar-refractivity contribution is -0.141. The van der Waals surface area contributed by atoms with E-state index in [0.29, 0.717) is 13.1 Å². The van der Waals surface area contributed by atoms with Gasteiger partial charge in [-0.3, -0.25) is 14.5 Å². The highest BCUT2D eigenvalue weighted by molar-refractivity contribution is 5.87. The predicted molar refractivity (Wildman–Crippen MR) is 94.0 cm³/mol. The van der Waals surface area contributed by atoms with Crippen LogP contribution in [0.2, 0.25) is 0 Å². The van der Waals surface area contributed by atoms with Crippen LogP contribution in [0.15, 0.2) is 30.3 Å². The van der Waals surface area contributed by atoms with E-state index in [0.717, 1.165) is 24.9 Å². The van der Waals surface area contributed by atoms with E-state index in [9.17, 15) is 9.59 Å². The van der Waals surface area contributed by atoms with Crippen molar-refractivity contribution in [1.82, 2.24) is 9.80 Å². The number of hydrogen-bond acceptors (Lipinski definition) is 3. The normalized spacial score (nSPS) is 16.4. The minimum atomic E-state index is -0.791. The zero-order valence-electron chi connectivity index (χ0n) is 14.9. The summed E-state index contributed by atoms with van der Waals surface area (Å²) >= 11 is 0. The van der Waals surface area contributed by atoms with Crippen LogP contribution < -0.4 is 0 Å². The van der Waals surface area contributed by atoms with Crippen molar-refractivity contribution >= 4 is 11.9 Å². The number of carbonyl (C=O) groups is 2. The third-order valence-electron chi connectivity index (χ3n) is 5.04. The zero-order valence-corrected chi connectivity index (χ0v) is 14.9. The predicted octanol–water partition coefficient (Wildman–Crippen LogP) is 2.36. The van der Waals surface area contributed by atoms with Crippen LogP contribution in [0.25, 0.3) is 0 Å². The summed E-state index contributed by atoms with van der Waals surface area (Å²) in [6, 6.07) is 10.1. The molecule has 132 valence electrons. The van der Waals surface area contributed by atoms with Crippen molar-refractivity contribution in [1.29, 1.82) is 0 Å². The van der Waals surface area contributed by atoms with Gasteiger partial charge in [0.25, 0.3) is 0 Å². The zero-order chi connectivity index (χ0) is 17.7. The summed E-state index contributed by atoms with van der Waals surface area (Å²) in [6.07, 6.45) is 1.66. The van der Waals surface area contributed by atoms with E-state index in [-0.39, 0.29) is 18.5 Å². The van der Waals surface area contributed by atoms with Gasteiger partial charge in [0, 0.05) is 19.1 Å². The van der Waals surface area contributed by atoms with Crippen LogP contribution in [0.1, 0.15) is 39.2 Å². The molecule has 1 saturated heterocycles. The van der Waals surface area contributed by atoms with Crippen molar-refractivity contribution in [3.63, 3.8) is 0 Å². The second-order valence-corrected chi connectivity index (χ2v) is 6.97. The summed E-state index contributed by atoms with van der Waals surface area (Å²) in [5.41, 5.74) is 0.484. The van der Waals surface area contributed by atoms with E-state index in [4.69, 9.17) is 5.11 Å². The third kappa shape index (κ3) is 4.15. The molecule has 2 rings (SSSR count). The van der Waals surface area contributed by atoms with Crippen LogP contribution in [0.4, 0.5) is 0 Å². The standard InChI is InChI=1S/C19H28N2O3/c1-4-20(14-17(22)23)16-10-12-21(13-11-16)18(24)19(2,3)15-8-6-5-7-9-15/h5-9,16H,4,10-14H2,1-3H3,(H,22,23). The fraction of sp³-hybridized carbons (Fsp3) is 0.579. The number of likely N-dealkylation sites (N-methyl/N-ethyl adjacent to an activating group) is 1. The molecule has 1 fully saturated rings. The van der Waals surface area contributed by atoms with Crippen molar-refractivity contribution in [2.75, 3.05) is 26.2 Å². The molecule has 0 aliphatic carbocycles. The number of likely N-dealkylation sites (tertiary alicyclic amines) is 1. The Morgan fingerprint density at radius 1 is 1.21 bits per heavy atom. The highest BCUT2D eigenvalue weighted by Crippen LogP contribution is 2.27. The molecule has 0 aromatic heterocycles. The first-order valence-electron chi connectivity index (χ1n) is 8.67. The number of hydrogen-bond donors (Lipinski definition) is 1. The highest BCUT2D eigenvalue weighted by atomic mass is 16.4. The summed E-state index contributed by atoms with van der Waals surface area (Å²) < 4.78 is 0. The van der Waals surface area contributed by atoms with E-state index >= 15 is 0 Å². The molecular weight excluding hydrogens is 304 g/mol. The van der Waals surface area contributed by atoms with Gasteiger partial charge in [0.15, 0.2) is 0 Å². The van der Waals surface area contributed by atoms with Crippen molar-refractivity contribution in [3.8, 4) is 0 Å². The summed E-state index contributed by atoms with van der Waals surface area (Å²) in [7, 11) is 0. The minimum absolute atomic E-state index is 0.0740. The molecular formula is C19H28N2O3. The summed E-state index contributed by atoms with van der Waals surface area (Å²) in [4.78, 5) is 27.8. The third-order valence-corrected chi connectivity index (χ3v) is 5.04. The van der Waals surface area contributed by atoms with Crippen molar-refractivity contribution < 1.29 is 14.7 Å². The quantitative estimate of drug-likeness (QED) is 0.869. The molecule has 5 heteroatoms. The molecule has 1 aromatic rings. The molecule has 1 amide bonds. The first kappa shape index (κ1) is 18.5. The maximum Gasteiger partial charge on any atom is 0.317 e. The minimum Gasteiger partial charge on any atom is -0.480 e. The Bertz CT molecular complexity index is 563. The number of aliphatic carboxylic acids is 1. The number of nitrogens with zero attached hydrogens (tertiary/aromatic N) is 2. The number of carboxylic acid groups (broad SMARTS) is 1. The fourth-order valence-electron chi connectivity index (χ4n) is 3.48. The van der Waals surface area contributed by atoms with Crippen molar-refractivity contribution in [2.45, 2.75) is 45.1 Å². The molecule has 0 saturated carbocycles. The van der Waals surface area contributed by atoms with E-state index in [1.807, 2.05) is 60.9 Å². The van der Waals surface area contributed by atoms with Gasteiger partial charge in [0.05, 0.1) is 12.0 Å². The molecule has 1 heterocycles. The topological polar surface area (TPSA) is 60.9 Å². The average Bonchev–Trinajstić information content (AvgIpc) is 2.59. The number of rotatable bonds is 6. The van der Waals surface area contributed by atoms with Crippen molar-refractivity contribution in [3.05, 3.63) is 35.9 Å². The van der Waals surface area contributed by atoms with Gasteiger partial charge in [0.1, 0.15) is 0 Å². The molecule has 24 heavy (non-hydrogen) atoms. The second kappa shape index (κ2) is 7.79. The average molecular weight is 332 g/mol. The summed E-state index contributed by atoms with van der Waals surface area (Å²) in [5, 5.41) is 9.01. The molecule has 0 spiro atoms. The van der Waals surface area contributed by atoms with Gasteiger partial charge in [0.2, 0.25) is 5.91 Å². The Balaban J connectivity index is 1.99. The maximum atomic E-state index is 13.0. The van der Waals surface area contributed by atoms with Gasteiger partial charge in [-0.15, -0.1) is 0 Å². The van der Waals surface area contributed by atoms with Crippen LogP contribution in [0.5, 0.6) is 0 Å². The second-order valence-electron chi connectivity index (χ2n) is 6.97. The molecule has 1 N–H and O–H groups in total. The highest BCUT2D eigenvalue weighted by Gasteiger charge is 2.36. The van der Waals surface area contributed by atoms with Gasteiger partial charge in [-0.05, 0) is 38.8 Å². The van der Waals surface area contributed by atoms with Gasteiger partial charge in [-0.25, -0.2) is 0 Å². The van der Waals surface area contributed by atoms with Gasteiger partial charge >= 0.3 is 5.97 Å². The van der Waals surface area contributed by atoms with Crippen LogP contribution >= 0.6 is 0 Å². The lowest BCUT2D eigenvalue weighted by Gasteiger charge is -2.40. The largest absolute Gasteiger partial charge is 0.480 e. The number of carbonyl (C=O) groups excluding carboxylic acids is 1. The summed E-state index contributed by atoms with van der Waals surface area (Å²) in [6.45, 7) is 8.11. The smallest absolute Gasteiger partial charge is 0.317 e. The molecule has 0 atom stereocenters. The van der Waals surface area contributed by atoms with E-state index in [1.54, 1.807) is 0 Å². The molecule has 1 aliphatic heterocycles. The molecule has 0 unspecified atom stereocenters. The van der Waals surface area contributed by atoms with E-state index in [1.165, 1.54) is 0 Å². The number of piperidine rings is 1. The molecule has 5 nitrogen and oxygen atoms in total. The van der Waals surface area contributed by atoms with Crippen LogP contribution in [-0.4, -0.2) is 59.0 Å². The fourth-order valence-corrected chi connectivity index (χ4v) is 3.48. The monoisotopic (exact) mass is 332 g/mol. The van der Waals surface area contributed by atoms with E-state index in [2.05, 4.69) is 0 Å². The Morgan fingerprint density at radius 3 is 2.29 bits per heavy atom. The van der Waals surface area contributed by atoms with Gasteiger partial charge in [-0.2, -0.15) is 0 Å². The maximum absolute atomic E-state index is 13.0.